The lowest BCUT2D eigenvalue weighted by Gasteiger charge is -2.10. The average molecular weight is 412 g/mol. The van der Waals surface area contributed by atoms with Crippen LogP contribution in [0.25, 0.3) is 0 Å². The van der Waals surface area contributed by atoms with E-state index in [1.165, 1.54) is 18.2 Å². The van der Waals surface area contributed by atoms with Crippen molar-refractivity contribution in [1.29, 1.82) is 0 Å². The van der Waals surface area contributed by atoms with Crippen LogP contribution in [0.2, 0.25) is 5.02 Å². The molecular formula is C13H7Br2ClF2O. The Hall–Kier alpha value is -0.650. The molecule has 0 aromatic heterocycles. The number of halogens is 5. The maximum atomic E-state index is 13.3. The van der Waals surface area contributed by atoms with Crippen molar-refractivity contribution in [2.24, 2.45) is 0 Å². The smallest absolute Gasteiger partial charge is 0.145 e. The predicted octanol–water partition coefficient (Wildman–Crippen LogP) is 5.72. The topological polar surface area (TPSA) is 9.23 Å². The SMILES string of the molecule is Fc1cc(OCc2cccc(F)c2Br)c(Br)cc1Cl. The highest BCUT2D eigenvalue weighted by Crippen LogP contribution is 2.31. The highest BCUT2D eigenvalue weighted by molar-refractivity contribution is 9.10. The Morgan fingerprint density at radius 3 is 2.58 bits per heavy atom. The lowest BCUT2D eigenvalue weighted by Crippen LogP contribution is -1.99. The van der Waals surface area contributed by atoms with Crippen molar-refractivity contribution in [2.45, 2.75) is 6.61 Å². The number of benzene rings is 2. The maximum absolute atomic E-state index is 13.3. The highest BCUT2D eigenvalue weighted by atomic mass is 79.9. The van der Waals surface area contributed by atoms with Crippen LogP contribution in [0.3, 0.4) is 0 Å². The third-order valence-electron chi connectivity index (χ3n) is 2.39. The molecule has 2 rings (SSSR count). The molecule has 2 aromatic carbocycles. The van der Waals surface area contributed by atoms with E-state index in [1.807, 2.05) is 0 Å². The van der Waals surface area contributed by atoms with Crippen molar-refractivity contribution in [1.82, 2.24) is 0 Å². The molecule has 2 aromatic rings. The summed E-state index contributed by atoms with van der Waals surface area (Å²) in [6, 6.07) is 7.22. The fourth-order valence-electron chi connectivity index (χ4n) is 1.43. The quantitative estimate of drug-likeness (QED) is 0.586. The lowest BCUT2D eigenvalue weighted by molar-refractivity contribution is 0.301. The summed E-state index contributed by atoms with van der Waals surface area (Å²) in [4.78, 5) is 0. The molecule has 0 bridgehead atoms. The second-order valence-corrected chi connectivity index (χ2v) is 5.75. The molecule has 0 spiro atoms. The van der Waals surface area contributed by atoms with E-state index >= 15 is 0 Å². The highest BCUT2D eigenvalue weighted by Gasteiger charge is 2.10. The van der Waals surface area contributed by atoms with Crippen molar-refractivity contribution in [2.75, 3.05) is 0 Å². The van der Waals surface area contributed by atoms with Gasteiger partial charge in [-0.15, -0.1) is 0 Å². The molecule has 0 aliphatic carbocycles. The van der Waals surface area contributed by atoms with E-state index in [4.69, 9.17) is 16.3 Å². The van der Waals surface area contributed by atoms with E-state index in [1.54, 1.807) is 12.1 Å². The first-order valence-corrected chi connectivity index (χ1v) is 7.15. The third kappa shape index (κ3) is 3.46. The molecule has 0 amide bonds. The van der Waals surface area contributed by atoms with Gasteiger partial charge in [0.15, 0.2) is 0 Å². The molecule has 0 heterocycles. The van der Waals surface area contributed by atoms with Crippen LogP contribution < -0.4 is 4.74 Å². The van der Waals surface area contributed by atoms with Crippen molar-refractivity contribution < 1.29 is 13.5 Å². The van der Waals surface area contributed by atoms with E-state index in [-0.39, 0.29) is 17.4 Å². The largest absolute Gasteiger partial charge is 0.488 e. The first-order valence-electron chi connectivity index (χ1n) is 5.19. The molecule has 0 saturated heterocycles. The van der Waals surface area contributed by atoms with Gasteiger partial charge in [-0.1, -0.05) is 23.7 Å². The Kier molecular flexibility index (Phi) is 4.81. The van der Waals surface area contributed by atoms with Gasteiger partial charge in [0.1, 0.15) is 24.0 Å². The lowest BCUT2D eigenvalue weighted by atomic mass is 10.2. The van der Waals surface area contributed by atoms with Gasteiger partial charge >= 0.3 is 0 Å². The standard InChI is InChI=1S/C13H7Br2ClF2O/c14-8-4-9(16)11(18)5-12(8)19-6-7-2-1-3-10(17)13(7)15/h1-5H,6H2. The van der Waals surface area contributed by atoms with Gasteiger partial charge in [-0.2, -0.15) is 0 Å². The van der Waals surface area contributed by atoms with Crippen molar-refractivity contribution in [3.63, 3.8) is 0 Å². The van der Waals surface area contributed by atoms with Crippen LogP contribution in [0.5, 0.6) is 5.75 Å². The number of rotatable bonds is 3. The molecule has 0 fully saturated rings. The van der Waals surface area contributed by atoms with Crippen LogP contribution >= 0.6 is 43.5 Å². The van der Waals surface area contributed by atoms with Crippen molar-refractivity contribution in [3.05, 3.63) is 61.5 Å². The molecule has 0 unspecified atom stereocenters. The zero-order valence-corrected chi connectivity index (χ0v) is 13.3. The Morgan fingerprint density at radius 1 is 1.11 bits per heavy atom. The zero-order chi connectivity index (χ0) is 14.0. The summed E-state index contributed by atoms with van der Waals surface area (Å²) in [5.41, 5.74) is 0.627. The molecule has 0 saturated carbocycles. The molecule has 6 heteroatoms. The molecule has 1 nitrogen and oxygen atoms in total. The normalized spacial score (nSPS) is 10.6. The molecule has 0 N–H and O–H groups in total. The van der Waals surface area contributed by atoms with Crippen molar-refractivity contribution in [3.8, 4) is 5.75 Å². The Bertz CT molecular complexity index is 620. The van der Waals surface area contributed by atoms with Crippen LogP contribution in [0.1, 0.15) is 5.56 Å². The summed E-state index contributed by atoms with van der Waals surface area (Å²) in [5, 5.41) is 0.00570. The Morgan fingerprint density at radius 2 is 1.84 bits per heavy atom. The summed E-state index contributed by atoms with van der Waals surface area (Å²) < 4.78 is 33.0. The van der Waals surface area contributed by atoms with Crippen LogP contribution in [0.4, 0.5) is 8.78 Å². The molecule has 19 heavy (non-hydrogen) atoms. The second kappa shape index (κ2) is 6.20. The van der Waals surface area contributed by atoms with Gasteiger partial charge in [-0.25, -0.2) is 8.78 Å². The minimum absolute atomic E-state index is 0.00570. The Labute approximate surface area is 130 Å². The fraction of sp³-hybridized carbons (Fsp3) is 0.0769. The summed E-state index contributed by atoms with van der Waals surface area (Å²) in [7, 11) is 0. The van der Waals surface area contributed by atoms with Gasteiger partial charge in [0, 0.05) is 11.6 Å². The zero-order valence-electron chi connectivity index (χ0n) is 9.39. The van der Waals surface area contributed by atoms with Crippen LogP contribution in [-0.4, -0.2) is 0 Å². The average Bonchev–Trinajstić information content (AvgIpc) is 2.37. The summed E-state index contributed by atoms with van der Waals surface area (Å²) in [6.07, 6.45) is 0. The number of hydrogen-bond donors (Lipinski definition) is 0. The number of ether oxygens (including phenoxy) is 1. The van der Waals surface area contributed by atoms with Gasteiger partial charge in [-0.3, -0.25) is 0 Å². The van der Waals surface area contributed by atoms with Crippen LogP contribution in [0, 0.1) is 11.6 Å². The first kappa shape index (κ1) is 14.8. The second-order valence-electron chi connectivity index (χ2n) is 3.70. The fourth-order valence-corrected chi connectivity index (χ4v) is 2.56. The van der Waals surface area contributed by atoms with Crippen LogP contribution in [-0.2, 0) is 6.61 Å². The Balaban J connectivity index is 2.19. The molecular weight excluding hydrogens is 405 g/mol. The summed E-state index contributed by atoms with van der Waals surface area (Å²) in [5.74, 6) is -0.640. The van der Waals surface area contributed by atoms with E-state index < -0.39 is 5.82 Å². The monoisotopic (exact) mass is 410 g/mol. The molecule has 0 radical (unpaired) electrons. The third-order valence-corrected chi connectivity index (χ3v) is 4.19. The summed E-state index contributed by atoms with van der Waals surface area (Å²) >= 11 is 12.0. The predicted molar refractivity (Wildman–Crippen MR) is 77.5 cm³/mol. The van der Waals surface area contributed by atoms with Gasteiger partial charge in [0.2, 0.25) is 0 Å². The van der Waals surface area contributed by atoms with E-state index in [0.717, 1.165) is 0 Å². The van der Waals surface area contributed by atoms with E-state index in [0.29, 0.717) is 20.3 Å². The van der Waals surface area contributed by atoms with Gasteiger partial charge in [0.25, 0.3) is 0 Å². The van der Waals surface area contributed by atoms with Gasteiger partial charge in [-0.05, 0) is 44.0 Å². The molecule has 0 atom stereocenters. The minimum atomic E-state index is -0.571. The van der Waals surface area contributed by atoms with E-state index in [2.05, 4.69) is 31.9 Å². The first-order chi connectivity index (χ1) is 8.99. The summed E-state index contributed by atoms with van der Waals surface area (Å²) in [6.45, 7) is 0.109. The van der Waals surface area contributed by atoms with Gasteiger partial charge in [0.05, 0.1) is 14.0 Å². The number of hydrogen-bond acceptors (Lipinski definition) is 1. The molecule has 0 aliphatic heterocycles. The molecule has 0 aliphatic rings. The maximum Gasteiger partial charge on any atom is 0.145 e. The van der Waals surface area contributed by atoms with Crippen LogP contribution in [0.15, 0.2) is 39.3 Å². The van der Waals surface area contributed by atoms with E-state index in [9.17, 15) is 8.78 Å². The van der Waals surface area contributed by atoms with Gasteiger partial charge < -0.3 is 4.74 Å². The minimum Gasteiger partial charge on any atom is -0.488 e. The molecule has 100 valence electrons. The van der Waals surface area contributed by atoms with Crippen molar-refractivity contribution >= 4 is 43.5 Å².